The number of nitriles is 1. The highest BCUT2D eigenvalue weighted by Gasteiger charge is 2.22. The van der Waals surface area contributed by atoms with Crippen molar-refractivity contribution in [3.63, 3.8) is 0 Å². The van der Waals surface area contributed by atoms with Gasteiger partial charge in [0.05, 0.1) is 6.07 Å². The molecule has 5 heteroatoms. The molecule has 90 valence electrons. The number of nitrogens with one attached hydrogen (secondary N) is 1. The zero-order valence-corrected chi connectivity index (χ0v) is 9.36. The Balaban J connectivity index is 2.22. The summed E-state index contributed by atoms with van der Waals surface area (Å²) in [4.78, 5) is 2.00. The first-order chi connectivity index (χ1) is 8.22. The number of nitrogens with zero attached hydrogens (tertiary/aromatic N) is 2. The molecule has 0 amide bonds. The standard InChI is InChI=1S/C12H14FN3O/c13-10-7-9(1-2-12(10)17)11(8-14)16-5-3-15-4-6-16/h1-2,7,11,15,17H,3-6H2. The monoisotopic (exact) mass is 235 g/mol. The molecule has 4 nitrogen and oxygen atoms in total. The van der Waals surface area contributed by atoms with E-state index >= 15 is 0 Å². The molecule has 1 fully saturated rings. The van der Waals surface area contributed by atoms with Crippen LogP contribution in [0.3, 0.4) is 0 Å². The molecular formula is C12H14FN3O. The Morgan fingerprint density at radius 2 is 2.12 bits per heavy atom. The lowest BCUT2D eigenvalue weighted by molar-refractivity contribution is 0.207. The van der Waals surface area contributed by atoms with Gasteiger partial charge in [0.2, 0.25) is 0 Å². The van der Waals surface area contributed by atoms with Gasteiger partial charge in [-0.3, -0.25) is 4.90 Å². The van der Waals surface area contributed by atoms with Crippen LogP contribution >= 0.6 is 0 Å². The molecule has 0 aromatic heterocycles. The molecule has 1 aromatic rings. The number of benzene rings is 1. The highest BCUT2D eigenvalue weighted by atomic mass is 19.1. The number of hydrogen-bond acceptors (Lipinski definition) is 4. The Kier molecular flexibility index (Phi) is 3.57. The first-order valence-corrected chi connectivity index (χ1v) is 5.55. The van der Waals surface area contributed by atoms with Crippen molar-refractivity contribution in [2.24, 2.45) is 0 Å². The van der Waals surface area contributed by atoms with E-state index in [0.29, 0.717) is 5.56 Å². The van der Waals surface area contributed by atoms with Crippen molar-refractivity contribution in [1.82, 2.24) is 10.2 Å². The largest absolute Gasteiger partial charge is 0.505 e. The first kappa shape index (κ1) is 11.8. The second-order valence-electron chi connectivity index (χ2n) is 4.03. The summed E-state index contributed by atoms with van der Waals surface area (Å²) in [6.07, 6.45) is 0. The Morgan fingerprint density at radius 1 is 1.41 bits per heavy atom. The highest BCUT2D eigenvalue weighted by Crippen LogP contribution is 2.24. The van der Waals surface area contributed by atoms with Crippen molar-refractivity contribution in [3.05, 3.63) is 29.6 Å². The predicted molar refractivity (Wildman–Crippen MR) is 60.9 cm³/mol. The first-order valence-electron chi connectivity index (χ1n) is 5.55. The summed E-state index contributed by atoms with van der Waals surface area (Å²) in [7, 11) is 0. The average molecular weight is 235 g/mol. The lowest BCUT2D eigenvalue weighted by Gasteiger charge is -2.31. The van der Waals surface area contributed by atoms with Crippen LogP contribution in [0.1, 0.15) is 11.6 Å². The van der Waals surface area contributed by atoms with E-state index in [0.717, 1.165) is 26.2 Å². The molecule has 1 aliphatic heterocycles. The van der Waals surface area contributed by atoms with E-state index < -0.39 is 11.9 Å². The number of halogens is 1. The van der Waals surface area contributed by atoms with Gasteiger partial charge in [0, 0.05) is 26.2 Å². The fourth-order valence-corrected chi connectivity index (χ4v) is 2.00. The maximum Gasteiger partial charge on any atom is 0.165 e. The second kappa shape index (κ2) is 5.13. The zero-order chi connectivity index (χ0) is 12.3. The fourth-order valence-electron chi connectivity index (χ4n) is 2.00. The third-order valence-electron chi connectivity index (χ3n) is 2.93. The van der Waals surface area contributed by atoms with Gasteiger partial charge in [-0.15, -0.1) is 0 Å². The van der Waals surface area contributed by atoms with Crippen LogP contribution in [-0.2, 0) is 0 Å². The van der Waals surface area contributed by atoms with Crippen LogP contribution in [0.5, 0.6) is 5.75 Å². The van der Waals surface area contributed by atoms with Gasteiger partial charge in [0.25, 0.3) is 0 Å². The predicted octanol–water partition coefficient (Wildman–Crippen LogP) is 1.00. The summed E-state index contributed by atoms with van der Waals surface area (Å²) in [6.45, 7) is 3.19. The van der Waals surface area contributed by atoms with Crippen LogP contribution in [-0.4, -0.2) is 36.2 Å². The highest BCUT2D eigenvalue weighted by molar-refractivity contribution is 5.32. The van der Waals surface area contributed by atoms with Crippen LogP contribution in [0, 0.1) is 17.1 Å². The smallest absolute Gasteiger partial charge is 0.165 e. The molecule has 1 saturated heterocycles. The Bertz CT molecular complexity index is 438. The molecule has 0 spiro atoms. The summed E-state index contributed by atoms with van der Waals surface area (Å²) in [5.41, 5.74) is 0.588. The van der Waals surface area contributed by atoms with E-state index in [2.05, 4.69) is 11.4 Å². The Labute approximate surface area is 99.3 Å². The van der Waals surface area contributed by atoms with Gasteiger partial charge in [0.15, 0.2) is 11.6 Å². The number of rotatable bonds is 2. The van der Waals surface area contributed by atoms with Crippen LogP contribution in [0.4, 0.5) is 4.39 Å². The van der Waals surface area contributed by atoms with Gasteiger partial charge in [0.1, 0.15) is 6.04 Å². The maximum atomic E-state index is 13.3. The average Bonchev–Trinajstić information content (AvgIpc) is 2.36. The van der Waals surface area contributed by atoms with E-state index in [1.165, 1.54) is 12.1 Å². The third kappa shape index (κ3) is 2.54. The molecule has 0 aliphatic carbocycles. The van der Waals surface area contributed by atoms with Gasteiger partial charge in [-0.1, -0.05) is 6.07 Å². The lowest BCUT2D eigenvalue weighted by atomic mass is 10.1. The molecule has 0 radical (unpaired) electrons. The molecule has 1 atom stereocenters. The zero-order valence-electron chi connectivity index (χ0n) is 9.36. The summed E-state index contributed by atoms with van der Waals surface area (Å²) in [5.74, 6) is -1.07. The van der Waals surface area contributed by atoms with Gasteiger partial charge >= 0.3 is 0 Å². The van der Waals surface area contributed by atoms with Gasteiger partial charge < -0.3 is 10.4 Å². The summed E-state index contributed by atoms with van der Waals surface area (Å²) < 4.78 is 13.3. The quantitative estimate of drug-likeness (QED) is 0.803. The molecule has 0 saturated carbocycles. The summed E-state index contributed by atoms with van der Waals surface area (Å²) in [6, 6.07) is 5.84. The van der Waals surface area contributed by atoms with Crippen molar-refractivity contribution in [1.29, 1.82) is 5.26 Å². The van der Waals surface area contributed by atoms with Crippen LogP contribution in [0.2, 0.25) is 0 Å². The number of phenolic OH excluding ortho intramolecular Hbond substituents is 1. The van der Waals surface area contributed by atoms with Crippen molar-refractivity contribution >= 4 is 0 Å². The number of phenols is 1. The summed E-state index contributed by atoms with van der Waals surface area (Å²) in [5, 5.41) is 21.5. The number of piperazine rings is 1. The van der Waals surface area contributed by atoms with Crippen molar-refractivity contribution in [3.8, 4) is 11.8 Å². The molecule has 2 N–H and O–H groups in total. The Hall–Kier alpha value is -1.64. The third-order valence-corrected chi connectivity index (χ3v) is 2.93. The van der Waals surface area contributed by atoms with E-state index in [4.69, 9.17) is 5.11 Å². The van der Waals surface area contributed by atoms with Gasteiger partial charge in [-0.25, -0.2) is 4.39 Å². The van der Waals surface area contributed by atoms with Gasteiger partial charge in [-0.05, 0) is 17.7 Å². The van der Waals surface area contributed by atoms with E-state index in [1.54, 1.807) is 6.07 Å². The normalized spacial score (nSPS) is 18.6. The SMILES string of the molecule is N#CC(c1ccc(O)c(F)c1)N1CCNCC1. The van der Waals surface area contributed by atoms with Crippen LogP contribution < -0.4 is 5.32 Å². The van der Waals surface area contributed by atoms with E-state index in [9.17, 15) is 9.65 Å². The molecule has 1 aliphatic rings. The molecule has 2 rings (SSSR count). The minimum absolute atomic E-state index is 0.384. The molecule has 1 aromatic carbocycles. The van der Waals surface area contributed by atoms with E-state index in [-0.39, 0.29) is 5.75 Å². The van der Waals surface area contributed by atoms with E-state index in [1.807, 2.05) is 4.90 Å². The fraction of sp³-hybridized carbons (Fsp3) is 0.417. The van der Waals surface area contributed by atoms with Gasteiger partial charge in [-0.2, -0.15) is 5.26 Å². The Morgan fingerprint density at radius 3 is 2.71 bits per heavy atom. The number of aromatic hydroxyl groups is 1. The second-order valence-corrected chi connectivity index (χ2v) is 4.03. The number of hydrogen-bond donors (Lipinski definition) is 2. The summed E-state index contributed by atoms with van der Waals surface area (Å²) >= 11 is 0. The van der Waals surface area contributed by atoms with Crippen LogP contribution in [0.15, 0.2) is 18.2 Å². The minimum atomic E-state index is -0.683. The molecule has 0 bridgehead atoms. The van der Waals surface area contributed by atoms with Crippen LogP contribution in [0.25, 0.3) is 0 Å². The van der Waals surface area contributed by atoms with Crippen molar-refractivity contribution in [2.45, 2.75) is 6.04 Å². The van der Waals surface area contributed by atoms with Crippen molar-refractivity contribution < 1.29 is 9.50 Å². The minimum Gasteiger partial charge on any atom is -0.505 e. The molecule has 1 unspecified atom stereocenters. The lowest BCUT2D eigenvalue weighted by Crippen LogP contribution is -2.44. The molecule has 17 heavy (non-hydrogen) atoms. The molecule has 1 heterocycles. The maximum absolute atomic E-state index is 13.3. The topological polar surface area (TPSA) is 59.3 Å². The van der Waals surface area contributed by atoms with Crippen molar-refractivity contribution in [2.75, 3.05) is 26.2 Å². The molecular weight excluding hydrogens is 221 g/mol.